The van der Waals surface area contributed by atoms with E-state index in [1.807, 2.05) is 21.1 Å². The molecule has 61 heavy (non-hydrogen) atoms. The SMILES string of the molecule is CC/C=C\C/C=C\C/C=C\C/C=C\C/C=C\C/C=C\C/C=C\CCCCCCCCCCCCCC(=O)NC(COP(=O)([O-])OCC[N+](C)(C)C)C(O)CCCCCCCC. The van der Waals surface area contributed by atoms with E-state index in [0.29, 0.717) is 23.9 Å². The third-order valence-electron chi connectivity index (χ3n) is 10.4. The number of nitrogens with zero attached hydrogens (tertiary/aromatic N) is 1. The maximum atomic E-state index is 12.8. The van der Waals surface area contributed by atoms with Crippen molar-refractivity contribution in [3.63, 3.8) is 0 Å². The Balaban J connectivity index is 3.98. The second kappa shape index (κ2) is 43.0. The Morgan fingerprint density at radius 3 is 1.46 bits per heavy atom. The third-order valence-corrected chi connectivity index (χ3v) is 11.4. The van der Waals surface area contributed by atoms with E-state index in [1.165, 1.54) is 77.0 Å². The maximum absolute atomic E-state index is 12.8. The van der Waals surface area contributed by atoms with Crippen LogP contribution in [0.3, 0.4) is 0 Å². The molecular weight excluding hydrogens is 780 g/mol. The van der Waals surface area contributed by atoms with Gasteiger partial charge in [-0.3, -0.25) is 9.36 Å². The highest BCUT2D eigenvalue weighted by atomic mass is 31.2. The van der Waals surface area contributed by atoms with Crippen LogP contribution in [-0.2, 0) is 18.4 Å². The van der Waals surface area contributed by atoms with Gasteiger partial charge in [-0.05, 0) is 70.6 Å². The van der Waals surface area contributed by atoms with Gasteiger partial charge in [-0.15, -0.1) is 0 Å². The number of aliphatic hydroxyl groups excluding tert-OH is 1. The molecule has 0 fully saturated rings. The number of quaternary nitrogens is 1. The number of likely N-dealkylation sites (N-methyl/N-ethyl adjacent to an activating group) is 1. The monoisotopic (exact) mass is 873 g/mol. The largest absolute Gasteiger partial charge is 0.756 e. The van der Waals surface area contributed by atoms with Gasteiger partial charge in [-0.2, -0.15) is 0 Å². The predicted octanol–water partition coefficient (Wildman–Crippen LogP) is 13.5. The highest BCUT2D eigenvalue weighted by molar-refractivity contribution is 7.45. The molecule has 0 saturated carbocycles. The van der Waals surface area contributed by atoms with Crippen molar-refractivity contribution in [1.82, 2.24) is 5.32 Å². The van der Waals surface area contributed by atoms with Gasteiger partial charge in [-0.1, -0.05) is 195 Å². The molecule has 0 radical (unpaired) electrons. The summed E-state index contributed by atoms with van der Waals surface area (Å²) in [6.07, 6.45) is 59.2. The summed E-state index contributed by atoms with van der Waals surface area (Å²) in [5.41, 5.74) is 0. The summed E-state index contributed by atoms with van der Waals surface area (Å²) in [6, 6.07) is -0.803. The fourth-order valence-corrected chi connectivity index (χ4v) is 7.27. The van der Waals surface area contributed by atoms with Crippen molar-refractivity contribution >= 4 is 13.7 Å². The van der Waals surface area contributed by atoms with E-state index >= 15 is 0 Å². The second-order valence-electron chi connectivity index (χ2n) is 17.4. The molecule has 0 bridgehead atoms. The van der Waals surface area contributed by atoms with Gasteiger partial charge in [-0.25, -0.2) is 0 Å². The number of hydrogen-bond acceptors (Lipinski definition) is 6. The van der Waals surface area contributed by atoms with Crippen molar-refractivity contribution in [2.24, 2.45) is 0 Å². The predicted molar refractivity (Wildman–Crippen MR) is 260 cm³/mol. The lowest BCUT2D eigenvalue weighted by Crippen LogP contribution is -2.46. The van der Waals surface area contributed by atoms with Crippen molar-refractivity contribution in [3.8, 4) is 0 Å². The van der Waals surface area contributed by atoms with E-state index in [2.05, 4.69) is 104 Å². The molecule has 0 aromatic rings. The molecule has 352 valence electrons. The van der Waals surface area contributed by atoms with Gasteiger partial charge in [0.05, 0.1) is 39.9 Å². The molecule has 9 heteroatoms. The summed E-state index contributed by atoms with van der Waals surface area (Å²) in [7, 11) is 1.29. The molecular formula is C52H93N2O6P. The minimum Gasteiger partial charge on any atom is -0.756 e. The minimum absolute atomic E-state index is 0.00730. The summed E-state index contributed by atoms with van der Waals surface area (Å²) in [4.78, 5) is 25.2. The normalized spacial score (nSPS) is 14.9. The van der Waals surface area contributed by atoms with Crippen LogP contribution in [-0.4, -0.2) is 68.5 Å². The van der Waals surface area contributed by atoms with Crippen LogP contribution >= 0.6 is 7.82 Å². The van der Waals surface area contributed by atoms with E-state index in [4.69, 9.17) is 9.05 Å². The molecule has 0 aliphatic heterocycles. The number of nitrogens with one attached hydrogen (secondary N) is 1. The molecule has 0 aliphatic rings. The zero-order chi connectivity index (χ0) is 45.0. The molecule has 0 aromatic carbocycles. The van der Waals surface area contributed by atoms with Gasteiger partial charge in [0.2, 0.25) is 5.91 Å². The van der Waals surface area contributed by atoms with E-state index in [1.54, 1.807) is 0 Å². The Labute approximate surface area is 376 Å². The number of carbonyl (C=O) groups excluding carboxylic acids is 1. The standard InChI is InChI=1S/C52H93N2O6P/c1-6-8-10-12-14-15-16-17-18-19-20-21-22-23-24-25-26-27-28-29-30-31-32-33-34-35-36-37-38-39-40-42-44-46-52(56)53-50(51(55)45-43-41-13-11-9-7-2)49-60-61(57,58)59-48-47-54(3,4)5/h8,10,14-15,17-18,20-21,23-24,26-27,29-30,50-51,55H,6-7,9,11-13,16,19,22,25,28,31-49H2,1-5H3,(H-,53,56,57,58)/b10-8-,15-14-,18-17-,21-20-,24-23-,27-26-,30-29-. The summed E-state index contributed by atoms with van der Waals surface area (Å²) in [5.74, 6) is -0.178. The van der Waals surface area contributed by atoms with Crippen LogP contribution in [0.1, 0.15) is 187 Å². The Bertz CT molecular complexity index is 1260. The van der Waals surface area contributed by atoms with Crippen LogP contribution in [0.25, 0.3) is 0 Å². The average molecular weight is 873 g/mol. The van der Waals surface area contributed by atoms with Crippen LogP contribution in [0.2, 0.25) is 0 Å². The third kappa shape index (κ3) is 45.5. The smallest absolute Gasteiger partial charge is 0.268 e. The molecule has 0 heterocycles. The average Bonchev–Trinajstić information content (AvgIpc) is 3.21. The van der Waals surface area contributed by atoms with Crippen molar-refractivity contribution in [1.29, 1.82) is 0 Å². The minimum atomic E-state index is -4.56. The summed E-state index contributed by atoms with van der Waals surface area (Å²) in [6.45, 7) is 4.51. The van der Waals surface area contributed by atoms with Gasteiger partial charge < -0.3 is 28.8 Å². The number of rotatable bonds is 43. The highest BCUT2D eigenvalue weighted by Gasteiger charge is 2.24. The number of unbranched alkanes of at least 4 members (excludes halogenated alkanes) is 16. The molecule has 2 N–H and O–H groups in total. The van der Waals surface area contributed by atoms with Crippen LogP contribution in [0.4, 0.5) is 0 Å². The molecule has 0 aliphatic carbocycles. The number of phosphoric ester groups is 1. The van der Waals surface area contributed by atoms with Crippen LogP contribution in [0.15, 0.2) is 85.1 Å². The van der Waals surface area contributed by atoms with Crippen molar-refractivity contribution < 1.29 is 32.9 Å². The lowest BCUT2D eigenvalue weighted by Gasteiger charge is -2.30. The number of carbonyl (C=O) groups is 1. The first-order valence-corrected chi connectivity index (χ1v) is 25.9. The van der Waals surface area contributed by atoms with Crippen molar-refractivity contribution in [2.45, 2.75) is 199 Å². The molecule has 3 unspecified atom stereocenters. The Morgan fingerprint density at radius 2 is 1.00 bits per heavy atom. The van der Waals surface area contributed by atoms with Gasteiger partial charge in [0.1, 0.15) is 13.2 Å². The van der Waals surface area contributed by atoms with E-state index in [0.717, 1.165) is 83.5 Å². The van der Waals surface area contributed by atoms with Gasteiger partial charge in [0.25, 0.3) is 7.82 Å². The van der Waals surface area contributed by atoms with Crippen LogP contribution in [0, 0.1) is 0 Å². The topological polar surface area (TPSA) is 108 Å². The number of hydrogen-bond donors (Lipinski definition) is 2. The van der Waals surface area contributed by atoms with Crippen molar-refractivity contribution in [2.75, 3.05) is 40.9 Å². The van der Waals surface area contributed by atoms with Gasteiger partial charge in [0.15, 0.2) is 0 Å². The van der Waals surface area contributed by atoms with Gasteiger partial charge in [0, 0.05) is 6.42 Å². The quantitative estimate of drug-likeness (QED) is 0.0273. The van der Waals surface area contributed by atoms with E-state index < -0.39 is 20.0 Å². The fourth-order valence-electron chi connectivity index (χ4n) is 6.55. The van der Waals surface area contributed by atoms with Crippen molar-refractivity contribution in [3.05, 3.63) is 85.1 Å². The number of allylic oxidation sites excluding steroid dienone is 14. The summed E-state index contributed by atoms with van der Waals surface area (Å²) in [5, 5.41) is 13.8. The fraction of sp³-hybridized carbons (Fsp3) is 0.712. The lowest BCUT2D eigenvalue weighted by atomic mass is 10.0. The highest BCUT2D eigenvalue weighted by Crippen LogP contribution is 2.38. The molecule has 0 saturated heterocycles. The molecule has 0 rings (SSSR count). The maximum Gasteiger partial charge on any atom is 0.268 e. The zero-order valence-corrected chi connectivity index (χ0v) is 40.7. The first kappa shape index (κ1) is 58.7. The molecule has 0 spiro atoms. The van der Waals surface area contributed by atoms with Crippen LogP contribution in [0.5, 0.6) is 0 Å². The lowest BCUT2D eigenvalue weighted by molar-refractivity contribution is -0.870. The summed E-state index contributed by atoms with van der Waals surface area (Å²) >= 11 is 0. The first-order chi connectivity index (χ1) is 29.5. The van der Waals surface area contributed by atoms with E-state index in [-0.39, 0.29) is 19.1 Å². The van der Waals surface area contributed by atoms with E-state index in [9.17, 15) is 19.4 Å². The second-order valence-corrected chi connectivity index (χ2v) is 18.8. The number of aliphatic hydroxyl groups is 1. The number of phosphoric acid groups is 1. The molecule has 3 atom stereocenters. The summed E-state index contributed by atoms with van der Waals surface area (Å²) < 4.78 is 23.1. The first-order valence-electron chi connectivity index (χ1n) is 24.4. The molecule has 1 amide bonds. The Kier molecular flexibility index (Phi) is 41.3. The van der Waals surface area contributed by atoms with Gasteiger partial charge >= 0.3 is 0 Å². The Morgan fingerprint density at radius 1 is 0.590 bits per heavy atom. The molecule has 8 nitrogen and oxygen atoms in total. The Hall–Kier alpha value is -2.32. The molecule has 0 aromatic heterocycles. The zero-order valence-electron chi connectivity index (χ0n) is 39.8. The number of amides is 1. The van der Waals surface area contributed by atoms with Crippen LogP contribution < -0.4 is 10.2 Å².